The standard InChI is InChI=1S/C13H12F2OS/c14-12-4-3-9(7-13(12)15)6-10(16)8-11-2-1-5-17-11/h1-5,7,10,16H,6,8H2. The maximum Gasteiger partial charge on any atom is 0.159 e. The Labute approximate surface area is 102 Å². The van der Waals surface area contributed by atoms with E-state index in [0.717, 1.165) is 17.0 Å². The minimum atomic E-state index is -0.870. The molecule has 1 unspecified atom stereocenters. The van der Waals surface area contributed by atoms with Crippen LogP contribution < -0.4 is 0 Å². The van der Waals surface area contributed by atoms with E-state index in [1.165, 1.54) is 6.07 Å². The van der Waals surface area contributed by atoms with Crippen molar-refractivity contribution in [3.8, 4) is 0 Å². The molecule has 0 saturated carbocycles. The molecule has 0 aliphatic rings. The van der Waals surface area contributed by atoms with Gasteiger partial charge >= 0.3 is 0 Å². The first-order valence-electron chi connectivity index (χ1n) is 5.29. The fourth-order valence-corrected chi connectivity index (χ4v) is 2.45. The molecule has 1 aromatic heterocycles. The smallest absolute Gasteiger partial charge is 0.159 e. The van der Waals surface area contributed by atoms with Gasteiger partial charge in [-0.1, -0.05) is 12.1 Å². The van der Waals surface area contributed by atoms with E-state index in [9.17, 15) is 13.9 Å². The van der Waals surface area contributed by atoms with E-state index in [4.69, 9.17) is 0 Å². The zero-order valence-corrected chi connectivity index (χ0v) is 9.88. The molecule has 0 amide bonds. The fraction of sp³-hybridized carbons (Fsp3) is 0.231. The van der Waals surface area contributed by atoms with Crippen LogP contribution in [0.2, 0.25) is 0 Å². The van der Waals surface area contributed by atoms with Gasteiger partial charge in [0.1, 0.15) is 0 Å². The van der Waals surface area contributed by atoms with E-state index in [0.29, 0.717) is 18.4 Å². The van der Waals surface area contributed by atoms with Crippen molar-refractivity contribution >= 4 is 11.3 Å². The van der Waals surface area contributed by atoms with Crippen LogP contribution >= 0.6 is 11.3 Å². The summed E-state index contributed by atoms with van der Waals surface area (Å²) in [6.07, 6.45) is 0.296. The van der Waals surface area contributed by atoms with E-state index in [2.05, 4.69) is 0 Å². The maximum absolute atomic E-state index is 13.0. The molecule has 1 heterocycles. The molecule has 0 aliphatic heterocycles. The summed E-state index contributed by atoms with van der Waals surface area (Å²) in [5.74, 6) is -1.73. The Morgan fingerprint density at radius 3 is 2.59 bits per heavy atom. The lowest BCUT2D eigenvalue weighted by Crippen LogP contribution is -2.13. The predicted octanol–water partition coefficient (Wildman–Crippen LogP) is 3.17. The van der Waals surface area contributed by atoms with Crippen molar-refractivity contribution in [3.05, 3.63) is 57.8 Å². The van der Waals surface area contributed by atoms with Crippen LogP contribution in [-0.4, -0.2) is 11.2 Å². The van der Waals surface area contributed by atoms with Gasteiger partial charge < -0.3 is 5.11 Å². The van der Waals surface area contributed by atoms with Gasteiger partial charge in [0.05, 0.1) is 6.10 Å². The number of halogens is 2. The zero-order valence-electron chi connectivity index (χ0n) is 9.07. The molecule has 0 fully saturated rings. The van der Waals surface area contributed by atoms with Gasteiger partial charge in [-0.3, -0.25) is 0 Å². The van der Waals surface area contributed by atoms with Gasteiger partial charge in [-0.2, -0.15) is 0 Å². The third-order valence-corrected chi connectivity index (χ3v) is 3.37. The minimum Gasteiger partial charge on any atom is -0.392 e. The van der Waals surface area contributed by atoms with Crippen LogP contribution in [0.25, 0.3) is 0 Å². The van der Waals surface area contributed by atoms with Crippen LogP contribution in [0.1, 0.15) is 10.4 Å². The second-order valence-electron chi connectivity index (χ2n) is 3.89. The Hall–Kier alpha value is -1.26. The second-order valence-corrected chi connectivity index (χ2v) is 4.92. The third kappa shape index (κ3) is 3.35. The van der Waals surface area contributed by atoms with Crippen molar-refractivity contribution in [1.82, 2.24) is 0 Å². The average Bonchev–Trinajstić information content (AvgIpc) is 2.76. The van der Waals surface area contributed by atoms with E-state index in [1.54, 1.807) is 11.3 Å². The number of rotatable bonds is 4. The lowest BCUT2D eigenvalue weighted by molar-refractivity contribution is 0.176. The molecule has 0 bridgehead atoms. The van der Waals surface area contributed by atoms with Crippen molar-refractivity contribution in [2.45, 2.75) is 18.9 Å². The highest BCUT2D eigenvalue weighted by molar-refractivity contribution is 7.09. The number of aliphatic hydroxyl groups is 1. The first-order valence-corrected chi connectivity index (χ1v) is 6.17. The van der Waals surface area contributed by atoms with Gasteiger partial charge in [0, 0.05) is 11.3 Å². The average molecular weight is 254 g/mol. The minimum absolute atomic E-state index is 0.328. The molecule has 0 radical (unpaired) electrons. The first-order chi connectivity index (χ1) is 8.15. The first kappa shape index (κ1) is 12.2. The van der Waals surface area contributed by atoms with Crippen molar-refractivity contribution in [1.29, 1.82) is 0 Å². The Kier molecular flexibility index (Phi) is 3.86. The summed E-state index contributed by atoms with van der Waals surface area (Å²) in [6, 6.07) is 7.58. The molecular formula is C13H12F2OS. The lowest BCUT2D eigenvalue weighted by atomic mass is 10.0. The number of thiophene rings is 1. The molecule has 1 atom stereocenters. The molecule has 1 nitrogen and oxygen atoms in total. The molecule has 2 aromatic rings. The van der Waals surface area contributed by atoms with Gasteiger partial charge in [-0.05, 0) is 35.6 Å². The number of hydrogen-bond donors (Lipinski definition) is 1. The van der Waals surface area contributed by atoms with Gasteiger partial charge in [0.25, 0.3) is 0 Å². The van der Waals surface area contributed by atoms with Crippen LogP contribution in [0.5, 0.6) is 0 Å². The summed E-state index contributed by atoms with van der Waals surface area (Å²) < 4.78 is 25.7. The second kappa shape index (κ2) is 5.38. The molecule has 0 spiro atoms. The molecule has 4 heteroatoms. The van der Waals surface area contributed by atoms with Gasteiger partial charge in [0.2, 0.25) is 0 Å². The zero-order chi connectivity index (χ0) is 12.3. The van der Waals surface area contributed by atoms with Gasteiger partial charge in [-0.25, -0.2) is 8.78 Å². The summed E-state index contributed by atoms with van der Waals surface area (Å²) in [6.45, 7) is 0. The third-order valence-electron chi connectivity index (χ3n) is 2.47. The van der Waals surface area contributed by atoms with Gasteiger partial charge in [-0.15, -0.1) is 11.3 Å². The molecule has 17 heavy (non-hydrogen) atoms. The monoisotopic (exact) mass is 254 g/mol. The molecule has 2 rings (SSSR count). The summed E-state index contributed by atoms with van der Waals surface area (Å²) >= 11 is 1.57. The molecule has 0 saturated heterocycles. The largest absolute Gasteiger partial charge is 0.392 e. The summed E-state index contributed by atoms with van der Waals surface area (Å²) in [5.41, 5.74) is 0.605. The number of aliphatic hydroxyl groups excluding tert-OH is 1. The van der Waals surface area contributed by atoms with E-state index in [-0.39, 0.29) is 0 Å². The van der Waals surface area contributed by atoms with Crippen molar-refractivity contribution in [2.24, 2.45) is 0 Å². The normalized spacial score (nSPS) is 12.6. The summed E-state index contributed by atoms with van der Waals surface area (Å²) in [5, 5.41) is 11.8. The van der Waals surface area contributed by atoms with Crippen LogP contribution in [0.4, 0.5) is 8.78 Å². The Bertz CT molecular complexity index is 482. The van der Waals surface area contributed by atoms with Crippen molar-refractivity contribution in [2.75, 3.05) is 0 Å². The predicted molar refractivity (Wildman–Crippen MR) is 64.1 cm³/mol. The van der Waals surface area contributed by atoms with E-state index < -0.39 is 17.7 Å². The Morgan fingerprint density at radius 2 is 1.94 bits per heavy atom. The Morgan fingerprint density at radius 1 is 1.12 bits per heavy atom. The maximum atomic E-state index is 13.0. The molecule has 1 N–H and O–H groups in total. The topological polar surface area (TPSA) is 20.2 Å². The highest BCUT2D eigenvalue weighted by Gasteiger charge is 2.09. The number of hydrogen-bond acceptors (Lipinski definition) is 2. The SMILES string of the molecule is OC(Cc1ccc(F)c(F)c1)Cc1cccs1. The summed E-state index contributed by atoms with van der Waals surface area (Å²) in [4.78, 5) is 1.08. The molecular weight excluding hydrogens is 242 g/mol. The van der Waals surface area contributed by atoms with Gasteiger partial charge in [0.15, 0.2) is 11.6 Å². The van der Waals surface area contributed by atoms with E-state index in [1.807, 2.05) is 17.5 Å². The lowest BCUT2D eigenvalue weighted by Gasteiger charge is -2.09. The molecule has 90 valence electrons. The van der Waals surface area contributed by atoms with Crippen LogP contribution in [0.15, 0.2) is 35.7 Å². The Balaban J connectivity index is 1.98. The molecule has 1 aromatic carbocycles. The molecule has 0 aliphatic carbocycles. The quantitative estimate of drug-likeness (QED) is 0.888. The van der Waals surface area contributed by atoms with Crippen LogP contribution in [0.3, 0.4) is 0 Å². The highest BCUT2D eigenvalue weighted by Crippen LogP contribution is 2.15. The number of benzene rings is 1. The van der Waals surface area contributed by atoms with Crippen LogP contribution in [0, 0.1) is 11.6 Å². The fourth-order valence-electron chi connectivity index (χ4n) is 1.67. The highest BCUT2D eigenvalue weighted by atomic mass is 32.1. The van der Waals surface area contributed by atoms with Crippen molar-refractivity contribution < 1.29 is 13.9 Å². The van der Waals surface area contributed by atoms with Crippen LogP contribution in [-0.2, 0) is 12.8 Å². The summed E-state index contributed by atoms with van der Waals surface area (Å²) in [7, 11) is 0. The van der Waals surface area contributed by atoms with Crippen molar-refractivity contribution in [3.63, 3.8) is 0 Å². The van der Waals surface area contributed by atoms with E-state index >= 15 is 0 Å².